The lowest BCUT2D eigenvalue weighted by molar-refractivity contribution is 0.1000. The molecule has 10 heteroatoms. The smallest absolute Gasteiger partial charge is 0.265 e. The topological polar surface area (TPSA) is 115 Å². The molecule has 0 bridgehead atoms. The highest BCUT2D eigenvalue weighted by atomic mass is 35.5. The summed E-state index contributed by atoms with van der Waals surface area (Å²) in [4.78, 5) is 17.7. The molecule has 0 atom stereocenters. The Balaban J connectivity index is 2.32. The number of hydrogen-bond acceptors (Lipinski definition) is 5. The minimum atomic E-state index is -4.08. The van der Waals surface area contributed by atoms with Crippen molar-refractivity contribution in [3.05, 3.63) is 47.3 Å². The summed E-state index contributed by atoms with van der Waals surface area (Å²) in [7, 11) is -4.08. The molecule has 0 radical (unpaired) electrons. The van der Waals surface area contributed by atoms with Gasteiger partial charge in [-0.3, -0.25) is 9.52 Å². The Morgan fingerprint density at radius 2 is 1.90 bits per heavy atom. The molecule has 0 aliphatic heterocycles. The average Bonchev–Trinajstić information content (AvgIpc) is 2.41. The van der Waals surface area contributed by atoms with Crippen molar-refractivity contribution in [2.45, 2.75) is 4.90 Å². The molecule has 0 aliphatic carbocycles. The molecule has 1 aromatic heterocycles. The lowest BCUT2D eigenvalue weighted by atomic mass is 10.2. The Morgan fingerprint density at radius 1 is 1.29 bits per heavy atom. The maximum Gasteiger partial charge on any atom is 0.265 e. The number of nitrogens with two attached hydrogens (primary N) is 1. The van der Waals surface area contributed by atoms with Crippen molar-refractivity contribution in [3.63, 3.8) is 0 Å². The fourth-order valence-corrected chi connectivity index (χ4v) is 2.45. The summed E-state index contributed by atoms with van der Waals surface area (Å²) in [6.45, 7) is 0. The van der Waals surface area contributed by atoms with Crippen LogP contribution in [0, 0.1) is 5.82 Å². The van der Waals surface area contributed by atoms with E-state index in [9.17, 15) is 17.6 Å². The van der Waals surface area contributed by atoms with Gasteiger partial charge in [-0.05, 0) is 29.8 Å². The summed E-state index contributed by atoms with van der Waals surface area (Å²) < 4.78 is 39.7. The molecule has 0 spiro atoms. The van der Waals surface area contributed by atoms with Crippen LogP contribution in [0.25, 0.3) is 0 Å². The van der Waals surface area contributed by atoms with E-state index in [1.165, 1.54) is 6.07 Å². The molecule has 7 nitrogen and oxygen atoms in total. The van der Waals surface area contributed by atoms with Gasteiger partial charge in [-0.25, -0.2) is 22.8 Å². The highest BCUT2D eigenvalue weighted by Gasteiger charge is 2.18. The molecule has 3 N–H and O–H groups in total. The zero-order chi connectivity index (χ0) is 15.6. The van der Waals surface area contributed by atoms with Gasteiger partial charge < -0.3 is 5.73 Å². The normalized spacial score (nSPS) is 11.1. The number of hydrogen-bond donors (Lipinski definition) is 2. The largest absolute Gasteiger partial charge is 0.366 e. The molecule has 21 heavy (non-hydrogen) atoms. The molecule has 110 valence electrons. The number of amides is 1. The van der Waals surface area contributed by atoms with Crippen LogP contribution in [0.1, 0.15) is 10.4 Å². The van der Waals surface area contributed by atoms with Crippen molar-refractivity contribution < 1.29 is 17.6 Å². The van der Waals surface area contributed by atoms with E-state index in [0.29, 0.717) is 0 Å². The van der Waals surface area contributed by atoms with Crippen LogP contribution in [0.15, 0.2) is 35.5 Å². The van der Waals surface area contributed by atoms with Crippen LogP contribution >= 0.6 is 11.6 Å². The minimum absolute atomic E-state index is 0.0784. The summed E-state index contributed by atoms with van der Waals surface area (Å²) in [5.74, 6) is -1.76. The van der Waals surface area contributed by atoms with Gasteiger partial charge in [-0.1, -0.05) is 0 Å². The van der Waals surface area contributed by atoms with E-state index in [2.05, 4.69) is 9.97 Å². The van der Waals surface area contributed by atoms with E-state index in [4.69, 9.17) is 17.3 Å². The quantitative estimate of drug-likeness (QED) is 0.816. The summed E-state index contributed by atoms with van der Waals surface area (Å²) in [6, 6.07) is 3.12. The number of halogens is 2. The summed E-state index contributed by atoms with van der Waals surface area (Å²) in [6.07, 6.45) is 1.96. The van der Waals surface area contributed by atoms with Crippen molar-refractivity contribution in [1.29, 1.82) is 0 Å². The first-order valence-corrected chi connectivity index (χ1v) is 7.25. The number of sulfonamides is 1. The summed E-state index contributed by atoms with van der Waals surface area (Å²) in [5.41, 5.74) is 4.58. The van der Waals surface area contributed by atoms with Gasteiger partial charge in [-0.15, -0.1) is 0 Å². The third-order valence-corrected chi connectivity index (χ3v) is 3.92. The van der Waals surface area contributed by atoms with Crippen LogP contribution < -0.4 is 10.5 Å². The number of carbonyl (C=O) groups is 1. The lowest BCUT2D eigenvalue weighted by Gasteiger charge is -2.09. The van der Waals surface area contributed by atoms with Gasteiger partial charge in [0, 0.05) is 5.56 Å². The second-order valence-electron chi connectivity index (χ2n) is 3.85. The maximum atomic E-state index is 13.7. The Bertz CT molecular complexity index is 796. The van der Waals surface area contributed by atoms with Crippen molar-refractivity contribution >= 4 is 33.2 Å². The molecular weight excluding hydrogens is 323 g/mol. The molecule has 1 heterocycles. The van der Waals surface area contributed by atoms with Gasteiger partial charge in [0.05, 0.1) is 18.1 Å². The van der Waals surface area contributed by atoms with Gasteiger partial charge >= 0.3 is 0 Å². The molecule has 0 saturated carbocycles. The van der Waals surface area contributed by atoms with Crippen molar-refractivity contribution in [1.82, 2.24) is 9.97 Å². The number of rotatable bonds is 4. The lowest BCUT2D eigenvalue weighted by Crippen LogP contribution is -2.16. The molecule has 0 fully saturated rings. The maximum absolute atomic E-state index is 13.7. The van der Waals surface area contributed by atoms with Crippen molar-refractivity contribution in [3.8, 4) is 0 Å². The molecule has 0 unspecified atom stereocenters. The van der Waals surface area contributed by atoms with Gasteiger partial charge in [-0.2, -0.15) is 0 Å². The molecule has 1 aromatic carbocycles. The van der Waals surface area contributed by atoms with Crippen molar-refractivity contribution in [2.75, 3.05) is 4.72 Å². The number of nitrogens with zero attached hydrogens (tertiary/aromatic N) is 2. The zero-order valence-corrected chi connectivity index (χ0v) is 11.8. The van der Waals surface area contributed by atoms with Gasteiger partial charge in [0.1, 0.15) is 10.7 Å². The summed E-state index contributed by atoms with van der Waals surface area (Å²) >= 11 is 5.45. The highest BCUT2D eigenvalue weighted by Crippen LogP contribution is 2.20. The Kier molecular flexibility index (Phi) is 4.05. The number of nitrogens with one attached hydrogen (secondary N) is 1. The van der Waals surface area contributed by atoms with E-state index >= 15 is 0 Å². The third kappa shape index (κ3) is 3.44. The fraction of sp³-hybridized carbons (Fsp3) is 0. The van der Waals surface area contributed by atoms with E-state index in [-0.39, 0.29) is 21.4 Å². The number of primary amides is 1. The summed E-state index contributed by atoms with van der Waals surface area (Å²) in [5, 5.41) is -0.119. The second-order valence-corrected chi connectivity index (χ2v) is 5.87. The van der Waals surface area contributed by atoms with Crippen LogP contribution in [0.4, 0.5) is 10.1 Å². The van der Waals surface area contributed by atoms with Gasteiger partial charge in [0.25, 0.3) is 10.0 Å². The van der Waals surface area contributed by atoms with Crippen molar-refractivity contribution in [2.24, 2.45) is 5.73 Å². The molecular formula is C11H8ClFN4O3S. The Morgan fingerprint density at radius 3 is 2.43 bits per heavy atom. The number of benzene rings is 1. The third-order valence-electron chi connectivity index (χ3n) is 2.40. The van der Waals surface area contributed by atoms with Crippen LogP contribution in [0.2, 0.25) is 5.28 Å². The van der Waals surface area contributed by atoms with Crippen LogP contribution in [0.3, 0.4) is 0 Å². The molecule has 0 aliphatic rings. The first kappa shape index (κ1) is 15.1. The van der Waals surface area contributed by atoms with Crippen LogP contribution in [-0.2, 0) is 10.0 Å². The number of aromatic nitrogens is 2. The predicted octanol–water partition coefficient (Wildman–Crippen LogP) is 1.17. The zero-order valence-electron chi connectivity index (χ0n) is 10.2. The first-order valence-electron chi connectivity index (χ1n) is 5.39. The van der Waals surface area contributed by atoms with E-state index < -0.39 is 21.7 Å². The minimum Gasteiger partial charge on any atom is -0.366 e. The molecule has 1 amide bonds. The Hall–Kier alpha value is -2.26. The van der Waals surface area contributed by atoms with Crippen LogP contribution in [0.5, 0.6) is 0 Å². The highest BCUT2D eigenvalue weighted by molar-refractivity contribution is 7.92. The Labute approximate surface area is 124 Å². The van der Waals surface area contributed by atoms with Crippen LogP contribution in [-0.4, -0.2) is 24.3 Å². The fourth-order valence-electron chi connectivity index (χ4n) is 1.39. The van der Waals surface area contributed by atoms with Gasteiger partial charge in [0.15, 0.2) is 0 Å². The average molecular weight is 331 g/mol. The number of anilines is 1. The van der Waals surface area contributed by atoms with E-state index in [0.717, 1.165) is 24.5 Å². The first-order chi connectivity index (χ1) is 9.79. The van der Waals surface area contributed by atoms with E-state index in [1.807, 2.05) is 4.72 Å². The monoisotopic (exact) mass is 330 g/mol. The second kappa shape index (κ2) is 5.62. The van der Waals surface area contributed by atoms with Gasteiger partial charge in [0.2, 0.25) is 11.2 Å². The molecule has 2 rings (SSSR count). The molecule has 2 aromatic rings. The number of carbonyl (C=O) groups excluding carboxylic acids is 1. The molecule has 0 saturated heterocycles. The SMILES string of the molecule is NC(=O)c1ccc(NS(=O)(=O)c2cnc(Cl)nc2)c(F)c1. The predicted molar refractivity (Wildman–Crippen MR) is 72.8 cm³/mol. The van der Waals surface area contributed by atoms with E-state index in [1.54, 1.807) is 0 Å². The standard InChI is InChI=1S/C11H8ClFN4O3S/c12-11-15-4-7(5-16-11)21(19,20)17-9-2-1-6(10(14)18)3-8(9)13/h1-5,17H,(H2,14,18).